The molecule has 0 saturated carbocycles. The molecule has 3 aromatic rings. The van der Waals surface area contributed by atoms with E-state index in [1.54, 1.807) is 54.6 Å². The van der Waals surface area contributed by atoms with Crippen LogP contribution in [0.3, 0.4) is 0 Å². The zero-order chi connectivity index (χ0) is 17.0. The van der Waals surface area contributed by atoms with Crippen LogP contribution < -0.4 is 10.0 Å². The highest BCUT2D eigenvalue weighted by molar-refractivity contribution is 7.92. The van der Waals surface area contributed by atoms with Crippen molar-refractivity contribution in [2.75, 3.05) is 10.0 Å². The van der Waals surface area contributed by atoms with E-state index in [0.717, 1.165) is 5.56 Å². The summed E-state index contributed by atoms with van der Waals surface area (Å²) in [4.78, 5) is 0.253. The van der Waals surface area contributed by atoms with Gasteiger partial charge in [0.25, 0.3) is 10.0 Å². The van der Waals surface area contributed by atoms with E-state index in [0.29, 0.717) is 11.4 Å². The van der Waals surface area contributed by atoms with Crippen LogP contribution in [-0.2, 0) is 16.6 Å². The number of rotatable bonds is 5. The number of hydrogen-bond acceptors (Lipinski definition) is 3. The van der Waals surface area contributed by atoms with Crippen LogP contribution >= 0.6 is 0 Å². The lowest BCUT2D eigenvalue weighted by Gasteiger charge is -2.25. The summed E-state index contributed by atoms with van der Waals surface area (Å²) in [5.74, 6) is 0. The molecule has 0 atom stereocenters. The standard InChI is InChI=1S/C19H18N2O2S/c20-17-10-7-11-18(14-17)21(15-16-8-3-1-4-9-16)24(22,23)19-12-5-2-6-13-19/h1-14H,15,20H2. The zero-order valence-corrected chi connectivity index (χ0v) is 13.9. The van der Waals surface area contributed by atoms with E-state index in [1.807, 2.05) is 30.3 Å². The highest BCUT2D eigenvalue weighted by Gasteiger charge is 2.25. The van der Waals surface area contributed by atoms with Gasteiger partial charge in [-0.3, -0.25) is 4.31 Å². The quantitative estimate of drug-likeness (QED) is 0.722. The van der Waals surface area contributed by atoms with Crippen LogP contribution in [0.1, 0.15) is 5.56 Å². The molecular weight excluding hydrogens is 320 g/mol. The van der Waals surface area contributed by atoms with Gasteiger partial charge in [-0.25, -0.2) is 8.42 Å². The Hall–Kier alpha value is -2.79. The summed E-state index contributed by atoms with van der Waals surface area (Å²) in [6.07, 6.45) is 0. The van der Waals surface area contributed by atoms with Gasteiger partial charge in [0.15, 0.2) is 0 Å². The second kappa shape index (κ2) is 6.76. The first-order valence-corrected chi connectivity index (χ1v) is 8.98. The van der Waals surface area contributed by atoms with Gasteiger partial charge in [-0.1, -0.05) is 54.6 Å². The Morgan fingerprint density at radius 3 is 2.04 bits per heavy atom. The molecule has 0 saturated heterocycles. The van der Waals surface area contributed by atoms with Gasteiger partial charge in [0.1, 0.15) is 0 Å². The number of nitrogens with two attached hydrogens (primary N) is 1. The maximum absolute atomic E-state index is 13.1. The highest BCUT2D eigenvalue weighted by Crippen LogP contribution is 2.27. The molecular formula is C19H18N2O2S. The molecule has 5 heteroatoms. The van der Waals surface area contributed by atoms with Gasteiger partial charge >= 0.3 is 0 Å². The summed E-state index contributed by atoms with van der Waals surface area (Å²) in [7, 11) is -3.69. The lowest BCUT2D eigenvalue weighted by molar-refractivity contribution is 0.590. The largest absolute Gasteiger partial charge is 0.399 e. The minimum absolute atomic E-state index is 0.238. The number of hydrogen-bond donors (Lipinski definition) is 1. The summed E-state index contributed by atoms with van der Waals surface area (Å²) < 4.78 is 27.7. The van der Waals surface area contributed by atoms with Crippen LogP contribution in [0.25, 0.3) is 0 Å². The topological polar surface area (TPSA) is 63.4 Å². The lowest BCUT2D eigenvalue weighted by atomic mass is 10.2. The second-order valence-corrected chi connectivity index (χ2v) is 7.27. The van der Waals surface area contributed by atoms with Crippen LogP contribution in [0, 0.1) is 0 Å². The highest BCUT2D eigenvalue weighted by atomic mass is 32.2. The Balaban J connectivity index is 2.08. The lowest BCUT2D eigenvalue weighted by Crippen LogP contribution is -2.30. The Bertz CT molecular complexity index is 910. The average molecular weight is 338 g/mol. The molecule has 0 amide bonds. The summed E-state index contributed by atoms with van der Waals surface area (Å²) in [5.41, 5.74) is 7.82. The maximum Gasteiger partial charge on any atom is 0.264 e. The van der Waals surface area contributed by atoms with Crippen molar-refractivity contribution >= 4 is 21.4 Å². The SMILES string of the molecule is Nc1cccc(N(Cc2ccccc2)S(=O)(=O)c2ccccc2)c1. The minimum Gasteiger partial charge on any atom is -0.399 e. The van der Waals surface area contributed by atoms with Crippen molar-refractivity contribution in [3.05, 3.63) is 90.5 Å². The van der Waals surface area contributed by atoms with Gasteiger partial charge < -0.3 is 5.73 Å². The molecule has 122 valence electrons. The molecule has 0 heterocycles. The molecule has 0 bridgehead atoms. The number of anilines is 2. The third-order valence-electron chi connectivity index (χ3n) is 3.66. The predicted molar refractivity (Wildman–Crippen MR) is 97.1 cm³/mol. The van der Waals surface area contributed by atoms with Gasteiger partial charge in [0, 0.05) is 5.69 Å². The van der Waals surface area contributed by atoms with Crippen LogP contribution in [0.2, 0.25) is 0 Å². The van der Waals surface area contributed by atoms with Gasteiger partial charge in [-0.05, 0) is 35.9 Å². The van der Waals surface area contributed by atoms with Crippen LogP contribution in [0.15, 0.2) is 89.8 Å². The number of sulfonamides is 1. The summed E-state index contributed by atoms with van der Waals surface area (Å²) in [5, 5.41) is 0. The fourth-order valence-electron chi connectivity index (χ4n) is 2.46. The van der Waals surface area contributed by atoms with E-state index in [2.05, 4.69) is 0 Å². The molecule has 0 aliphatic carbocycles. The Morgan fingerprint density at radius 2 is 1.42 bits per heavy atom. The second-order valence-electron chi connectivity index (χ2n) is 5.41. The van der Waals surface area contributed by atoms with E-state index in [1.165, 1.54) is 4.31 Å². The van der Waals surface area contributed by atoms with Crippen molar-refractivity contribution in [1.29, 1.82) is 0 Å². The normalized spacial score (nSPS) is 11.2. The zero-order valence-electron chi connectivity index (χ0n) is 13.0. The first kappa shape index (κ1) is 16.1. The molecule has 0 aromatic heterocycles. The fraction of sp³-hybridized carbons (Fsp3) is 0.0526. The molecule has 24 heavy (non-hydrogen) atoms. The number of nitrogens with zero attached hydrogens (tertiary/aromatic N) is 1. The van der Waals surface area contributed by atoms with Gasteiger partial charge in [0.2, 0.25) is 0 Å². The third-order valence-corrected chi connectivity index (χ3v) is 5.45. The van der Waals surface area contributed by atoms with Gasteiger partial charge in [-0.15, -0.1) is 0 Å². The molecule has 3 aromatic carbocycles. The Morgan fingerprint density at radius 1 is 0.792 bits per heavy atom. The van der Waals surface area contributed by atoms with E-state index >= 15 is 0 Å². The molecule has 2 N–H and O–H groups in total. The molecule has 0 aliphatic rings. The first-order chi connectivity index (χ1) is 11.6. The summed E-state index contributed by atoms with van der Waals surface area (Å²) in [6, 6.07) is 24.8. The monoisotopic (exact) mass is 338 g/mol. The van der Waals surface area contributed by atoms with Crippen molar-refractivity contribution in [3.8, 4) is 0 Å². The third kappa shape index (κ3) is 3.41. The van der Waals surface area contributed by atoms with Crippen molar-refractivity contribution < 1.29 is 8.42 Å². The van der Waals surface area contributed by atoms with Crippen LogP contribution in [0.5, 0.6) is 0 Å². The molecule has 3 rings (SSSR count). The van der Waals surface area contributed by atoms with Crippen LogP contribution in [0.4, 0.5) is 11.4 Å². The molecule has 0 spiro atoms. The van der Waals surface area contributed by atoms with E-state index in [-0.39, 0.29) is 11.4 Å². The van der Waals surface area contributed by atoms with Gasteiger partial charge in [0.05, 0.1) is 17.1 Å². The van der Waals surface area contributed by atoms with Crippen LogP contribution in [-0.4, -0.2) is 8.42 Å². The van der Waals surface area contributed by atoms with Crippen molar-refractivity contribution in [1.82, 2.24) is 0 Å². The number of nitrogen functional groups attached to an aromatic ring is 1. The first-order valence-electron chi connectivity index (χ1n) is 7.54. The van der Waals surface area contributed by atoms with Gasteiger partial charge in [-0.2, -0.15) is 0 Å². The molecule has 0 radical (unpaired) electrons. The summed E-state index contributed by atoms with van der Waals surface area (Å²) >= 11 is 0. The molecule has 0 aliphatic heterocycles. The minimum atomic E-state index is -3.69. The molecule has 0 unspecified atom stereocenters. The van der Waals surface area contributed by atoms with E-state index in [9.17, 15) is 8.42 Å². The van der Waals surface area contributed by atoms with Crippen molar-refractivity contribution in [2.24, 2.45) is 0 Å². The number of benzene rings is 3. The maximum atomic E-state index is 13.1. The average Bonchev–Trinajstić information content (AvgIpc) is 2.61. The van der Waals surface area contributed by atoms with Crippen molar-refractivity contribution in [2.45, 2.75) is 11.4 Å². The van der Waals surface area contributed by atoms with E-state index < -0.39 is 10.0 Å². The predicted octanol–water partition coefficient (Wildman–Crippen LogP) is 3.66. The smallest absolute Gasteiger partial charge is 0.264 e. The molecule has 4 nitrogen and oxygen atoms in total. The molecule has 0 fully saturated rings. The van der Waals surface area contributed by atoms with Crippen molar-refractivity contribution in [3.63, 3.8) is 0 Å². The fourth-order valence-corrected chi connectivity index (χ4v) is 3.93. The van der Waals surface area contributed by atoms with E-state index in [4.69, 9.17) is 5.73 Å². The Labute approximate surface area is 142 Å². The summed E-state index contributed by atoms with van der Waals surface area (Å²) in [6.45, 7) is 0.238. The Kier molecular flexibility index (Phi) is 4.53.